The quantitative estimate of drug-likeness (QED) is 0.0320. The molecular weight excluding hydrogens is 899 g/mol. The summed E-state index contributed by atoms with van der Waals surface area (Å²) in [5.74, 6) is -0.0202. The molecule has 6 nitrogen and oxygen atoms in total. The predicted octanol–water partition coefficient (Wildman–Crippen LogP) is 21.0. The van der Waals surface area contributed by atoms with Crippen molar-refractivity contribution in [2.75, 3.05) is 13.2 Å². The van der Waals surface area contributed by atoms with Crippen molar-refractivity contribution in [3.8, 4) is 0 Å². The van der Waals surface area contributed by atoms with Crippen LogP contribution in [0, 0.1) is 0 Å². The van der Waals surface area contributed by atoms with Crippen LogP contribution in [-0.2, 0) is 14.3 Å². The second kappa shape index (κ2) is 62.9. The van der Waals surface area contributed by atoms with Gasteiger partial charge in [0.25, 0.3) is 0 Å². The van der Waals surface area contributed by atoms with E-state index in [1.165, 1.54) is 283 Å². The van der Waals surface area contributed by atoms with Gasteiger partial charge in [-0.2, -0.15) is 0 Å². The number of ether oxygens (including phenoxy) is 1. The van der Waals surface area contributed by atoms with Gasteiger partial charge in [0.1, 0.15) is 0 Å². The Hall–Kier alpha value is -1.66. The number of hydrogen-bond donors (Lipinski definition) is 3. The minimum absolute atomic E-state index is 0.0118. The molecule has 0 aromatic carbocycles. The van der Waals surface area contributed by atoms with E-state index >= 15 is 0 Å². The average Bonchev–Trinajstić information content (AvgIpc) is 3.39. The standard InChI is InChI=1S/C67H129NO5/c1-3-5-7-9-11-13-15-16-17-18-32-35-38-41-45-49-53-57-61-67(72)73-62-58-54-50-46-42-39-36-33-30-28-26-24-22-20-19-21-23-25-27-29-31-34-37-40-44-48-52-56-60-66(71)68-64(63-69)65(70)59-55-51-47-43-14-12-10-8-6-4-2/h13,15,17-18,64-65,69-70H,3-12,14,16,19-63H2,1-2H3,(H,68,71)/b15-13-,18-17-. The van der Waals surface area contributed by atoms with Crippen LogP contribution >= 0.6 is 0 Å². The van der Waals surface area contributed by atoms with Crippen LogP contribution in [0.15, 0.2) is 24.3 Å². The van der Waals surface area contributed by atoms with Crippen molar-refractivity contribution < 1.29 is 24.5 Å². The van der Waals surface area contributed by atoms with Crippen molar-refractivity contribution in [3.05, 3.63) is 24.3 Å². The third-order valence-electron chi connectivity index (χ3n) is 15.5. The molecule has 0 aliphatic rings. The number of esters is 1. The zero-order valence-corrected chi connectivity index (χ0v) is 49.4. The van der Waals surface area contributed by atoms with Crippen LogP contribution in [0.25, 0.3) is 0 Å². The first-order chi connectivity index (χ1) is 36.0. The molecule has 0 aliphatic heterocycles. The molecular formula is C67H129NO5. The number of rotatable bonds is 62. The number of carbonyl (C=O) groups excluding carboxylic acids is 2. The van der Waals surface area contributed by atoms with Crippen molar-refractivity contribution in [1.29, 1.82) is 0 Å². The fourth-order valence-electron chi connectivity index (χ4n) is 10.4. The molecule has 432 valence electrons. The molecule has 1 amide bonds. The number of hydrogen-bond acceptors (Lipinski definition) is 5. The molecule has 0 radical (unpaired) electrons. The van der Waals surface area contributed by atoms with Crippen molar-refractivity contribution in [2.45, 2.75) is 379 Å². The van der Waals surface area contributed by atoms with Crippen LogP contribution in [-0.4, -0.2) is 47.4 Å². The van der Waals surface area contributed by atoms with Gasteiger partial charge in [0.05, 0.1) is 25.4 Å². The highest BCUT2D eigenvalue weighted by atomic mass is 16.5. The minimum atomic E-state index is -0.660. The van der Waals surface area contributed by atoms with Gasteiger partial charge in [-0.05, 0) is 57.8 Å². The molecule has 0 aromatic rings. The summed E-state index contributed by atoms with van der Waals surface area (Å²) in [6, 6.07) is -0.537. The molecule has 0 fully saturated rings. The van der Waals surface area contributed by atoms with E-state index in [1.54, 1.807) is 0 Å². The second-order valence-corrected chi connectivity index (χ2v) is 22.8. The van der Waals surface area contributed by atoms with Crippen molar-refractivity contribution >= 4 is 11.9 Å². The average molecular weight is 1030 g/mol. The molecule has 0 saturated carbocycles. The summed E-state index contributed by atoms with van der Waals surface area (Å²) in [6.07, 6.45) is 77.9. The van der Waals surface area contributed by atoms with Crippen molar-refractivity contribution in [2.24, 2.45) is 0 Å². The lowest BCUT2D eigenvalue weighted by Gasteiger charge is -2.22. The van der Waals surface area contributed by atoms with Crippen LogP contribution in [0.5, 0.6) is 0 Å². The third kappa shape index (κ3) is 59.4. The zero-order valence-electron chi connectivity index (χ0n) is 49.4. The van der Waals surface area contributed by atoms with Gasteiger partial charge in [0.15, 0.2) is 0 Å². The Balaban J connectivity index is 3.31. The highest BCUT2D eigenvalue weighted by molar-refractivity contribution is 5.76. The highest BCUT2D eigenvalue weighted by Crippen LogP contribution is 2.18. The van der Waals surface area contributed by atoms with Gasteiger partial charge >= 0.3 is 5.97 Å². The lowest BCUT2D eigenvalue weighted by Crippen LogP contribution is -2.45. The van der Waals surface area contributed by atoms with Crippen molar-refractivity contribution in [1.82, 2.24) is 5.32 Å². The fraction of sp³-hybridized carbons (Fsp3) is 0.910. The number of aliphatic hydroxyl groups is 2. The molecule has 0 bridgehead atoms. The zero-order chi connectivity index (χ0) is 52.9. The predicted molar refractivity (Wildman–Crippen MR) is 320 cm³/mol. The maximum atomic E-state index is 12.4. The Kier molecular flexibility index (Phi) is 61.4. The molecule has 0 spiro atoms. The minimum Gasteiger partial charge on any atom is -0.466 e. The van der Waals surface area contributed by atoms with E-state index in [1.807, 2.05) is 0 Å². The number of aliphatic hydroxyl groups excluding tert-OH is 2. The Morgan fingerprint density at radius 2 is 0.685 bits per heavy atom. The summed E-state index contributed by atoms with van der Waals surface area (Å²) in [5.41, 5.74) is 0. The Morgan fingerprint density at radius 3 is 1.05 bits per heavy atom. The van der Waals surface area contributed by atoms with E-state index in [4.69, 9.17) is 4.74 Å². The second-order valence-electron chi connectivity index (χ2n) is 22.8. The summed E-state index contributed by atoms with van der Waals surface area (Å²) in [6.45, 7) is 4.94. The first-order valence-electron chi connectivity index (χ1n) is 33.1. The first kappa shape index (κ1) is 71.3. The summed E-state index contributed by atoms with van der Waals surface area (Å²) < 4.78 is 5.50. The Bertz CT molecular complexity index is 1140. The molecule has 0 rings (SSSR count). The third-order valence-corrected chi connectivity index (χ3v) is 15.5. The maximum absolute atomic E-state index is 12.4. The summed E-state index contributed by atoms with van der Waals surface area (Å²) in [7, 11) is 0. The molecule has 2 unspecified atom stereocenters. The molecule has 2 atom stereocenters. The van der Waals surface area contributed by atoms with Crippen LogP contribution in [0.1, 0.15) is 367 Å². The Labute approximate surface area is 456 Å². The van der Waals surface area contributed by atoms with Crippen LogP contribution in [0.4, 0.5) is 0 Å². The molecule has 0 aromatic heterocycles. The fourth-order valence-corrected chi connectivity index (χ4v) is 10.4. The van der Waals surface area contributed by atoms with Crippen LogP contribution in [0.2, 0.25) is 0 Å². The lowest BCUT2D eigenvalue weighted by atomic mass is 10.0. The summed E-state index contributed by atoms with van der Waals surface area (Å²) >= 11 is 0. The van der Waals surface area contributed by atoms with Gasteiger partial charge in [-0.3, -0.25) is 9.59 Å². The number of amides is 1. The molecule has 0 heterocycles. The molecule has 0 aliphatic carbocycles. The highest BCUT2D eigenvalue weighted by Gasteiger charge is 2.20. The smallest absolute Gasteiger partial charge is 0.305 e. The van der Waals surface area contributed by atoms with Gasteiger partial charge in [-0.25, -0.2) is 0 Å². The number of unbranched alkanes of at least 4 members (excludes halogenated alkanes) is 47. The largest absolute Gasteiger partial charge is 0.466 e. The van der Waals surface area contributed by atoms with Gasteiger partial charge < -0.3 is 20.3 Å². The van der Waals surface area contributed by atoms with Crippen LogP contribution in [0.3, 0.4) is 0 Å². The first-order valence-corrected chi connectivity index (χ1v) is 33.1. The number of carbonyl (C=O) groups is 2. The van der Waals surface area contributed by atoms with Gasteiger partial charge in [0, 0.05) is 12.8 Å². The number of allylic oxidation sites excluding steroid dienone is 4. The monoisotopic (exact) mass is 1030 g/mol. The summed E-state index contributed by atoms with van der Waals surface area (Å²) in [4.78, 5) is 24.5. The molecule has 0 saturated heterocycles. The topological polar surface area (TPSA) is 95.9 Å². The maximum Gasteiger partial charge on any atom is 0.305 e. The SMILES string of the molecule is CCCCCC/C=C\C/C=C\CCCCCCCCCC(=O)OCCCCCCCCCCCCCCCCCCCCCCCCCCCCCCC(=O)NC(CO)C(O)CCCCCCCCCCCC. The van der Waals surface area contributed by atoms with E-state index < -0.39 is 12.1 Å². The normalized spacial score (nSPS) is 12.7. The van der Waals surface area contributed by atoms with E-state index in [0.717, 1.165) is 51.4 Å². The van der Waals surface area contributed by atoms with Gasteiger partial charge in [-0.1, -0.05) is 321 Å². The van der Waals surface area contributed by atoms with E-state index in [-0.39, 0.29) is 18.5 Å². The molecule has 73 heavy (non-hydrogen) atoms. The van der Waals surface area contributed by atoms with E-state index in [0.29, 0.717) is 25.9 Å². The van der Waals surface area contributed by atoms with E-state index in [9.17, 15) is 19.8 Å². The van der Waals surface area contributed by atoms with Gasteiger partial charge in [0.2, 0.25) is 5.91 Å². The molecule has 3 N–H and O–H groups in total. The van der Waals surface area contributed by atoms with Crippen LogP contribution < -0.4 is 5.32 Å². The molecule has 6 heteroatoms. The Morgan fingerprint density at radius 1 is 0.384 bits per heavy atom. The van der Waals surface area contributed by atoms with Crippen molar-refractivity contribution in [3.63, 3.8) is 0 Å². The number of nitrogens with one attached hydrogen (secondary N) is 1. The lowest BCUT2D eigenvalue weighted by molar-refractivity contribution is -0.143. The summed E-state index contributed by atoms with van der Waals surface area (Å²) in [5, 5.41) is 23.2. The van der Waals surface area contributed by atoms with Gasteiger partial charge in [-0.15, -0.1) is 0 Å². The van der Waals surface area contributed by atoms with E-state index in [2.05, 4.69) is 43.5 Å².